The van der Waals surface area contributed by atoms with Gasteiger partial charge in [0.1, 0.15) is 18.2 Å². The van der Waals surface area contributed by atoms with E-state index in [1.54, 1.807) is 12.1 Å². The Morgan fingerprint density at radius 1 is 0.923 bits per heavy atom. The van der Waals surface area contributed by atoms with Crippen molar-refractivity contribution in [2.24, 2.45) is 0 Å². The van der Waals surface area contributed by atoms with E-state index < -0.39 is 0 Å². The largest absolute Gasteiger partial charge is 0.489 e. The van der Waals surface area contributed by atoms with E-state index in [0.29, 0.717) is 19.7 Å². The number of rotatable bonds is 7. The Kier molecular flexibility index (Phi) is 6.42. The molecule has 0 amide bonds. The van der Waals surface area contributed by atoms with Crippen LogP contribution in [0.4, 0.5) is 4.39 Å². The minimum absolute atomic E-state index is 0.215. The van der Waals surface area contributed by atoms with Gasteiger partial charge in [-0.1, -0.05) is 52.3 Å². The third-order valence-corrected chi connectivity index (χ3v) is 4.72. The Labute approximate surface area is 162 Å². The van der Waals surface area contributed by atoms with Crippen molar-refractivity contribution in [3.63, 3.8) is 0 Å². The Morgan fingerprint density at radius 2 is 1.69 bits per heavy atom. The average molecular weight is 414 g/mol. The van der Waals surface area contributed by atoms with Crippen LogP contribution >= 0.6 is 15.9 Å². The van der Waals surface area contributed by atoms with Crippen molar-refractivity contribution >= 4 is 15.9 Å². The van der Waals surface area contributed by atoms with Crippen LogP contribution in [-0.4, -0.2) is 0 Å². The molecule has 3 rings (SSSR count). The van der Waals surface area contributed by atoms with E-state index in [1.165, 1.54) is 23.3 Å². The lowest BCUT2D eigenvalue weighted by molar-refractivity contribution is 0.301. The smallest absolute Gasteiger partial charge is 0.124 e. The zero-order valence-electron chi connectivity index (χ0n) is 14.6. The van der Waals surface area contributed by atoms with Gasteiger partial charge in [-0.05, 0) is 53.9 Å². The van der Waals surface area contributed by atoms with Crippen LogP contribution in [0.15, 0.2) is 71.2 Å². The van der Waals surface area contributed by atoms with Crippen LogP contribution in [0.3, 0.4) is 0 Å². The molecule has 3 aromatic carbocycles. The summed E-state index contributed by atoms with van der Waals surface area (Å²) in [5, 5.41) is 3.39. The molecule has 0 spiro atoms. The second-order valence-corrected chi connectivity index (χ2v) is 7.11. The zero-order valence-corrected chi connectivity index (χ0v) is 16.2. The van der Waals surface area contributed by atoms with Gasteiger partial charge in [-0.15, -0.1) is 0 Å². The number of benzene rings is 3. The lowest BCUT2D eigenvalue weighted by Crippen LogP contribution is -2.13. The highest BCUT2D eigenvalue weighted by molar-refractivity contribution is 9.10. The molecule has 0 heterocycles. The van der Waals surface area contributed by atoms with Crippen LogP contribution in [0.1, 0.15) is 22.3 Å². The molecule has 0 radical (unpaired) electrons. The van der Waals surface area contributed by atoms with Gasteiger partial charge >= 0.3 is 0 Å². The molecule has 0 atom stereocenters. The van der Waals surface area contributed by atoms with Gasteiger partial charge < -0.3 is 10.1 Å². The third kappa shape index (κ3) is 5.16. The van der Waals surface area contributed by atoms with Gasteiger partial charge in [0.2, 0.25) is 0 Å². The van der Waals surface area contributed by atoms with Crippen LogP contribution in [0.5, 0.6) is 5.75 Å². The normalized spacial score (nSPS) is 10.7. The van der Waals surface area contributed by atoms with Crippen molar-refractivity contribution in [2.75, 3.05) is 0 Å². The first-order valence-electron chi connectivity index (χ1n) is 8.53. The Hall–Kier alpha value is -2.17. The molecule has 134 valence electrons. The molecule has 0 saturated heterocycles. The van der Waals surface area contributed by atoms with E-state index in [2.05, 4.69) is 46.4 Å². The van der Waals surface area contributed by atoms with Crippen molar-refractivity contribution in [1.82, 2.24) is 5.32 Å². The van der Waals surface area contributed by atoms with E-state index in [0.717, 1.165) is 21.3 Å². The molecule has 0 bridgehead atoms. The first kappa shape index (κ1) is 18.6. The van der Waals surface area contributed by atoms with Crippen molar-refractivity contribution in [2.45, 2.75) is 26.6 Å². The molecule has 0 unspecified atom stereocenters. The highest BCUT2D eigenvalue weighted by Crippen LogP contribution is 2.24. The minimum Gasteiger partial charge on any atom is -0.489 e. The van der Waals surface area contributed by atoms with Gasteiger partial charge in [-0.25, -0.2) is 4.39 Å². The standard InChI is InChI=1S/C22H21BrFNO/c1-16-4-2-3-5-18(16)15-26-22-11-8-20(23)12-19(22)14-25-13-17-6-9-21(24)10-7-17/h2-12,25H,13-15H2,1H3. The fraction of sp³-hybridized carbons (Fsp3) is 0.182. The van der Waals surface area contributed by atoms with E-state index in [4.69, 9.17) is 4.74 Å². The zero-order chi connectivity index (χ0) is 18.4. The van der Waals surface area contributed by atoms with E-state index in [1.807, 2.05) is 24.3 Å². The molecular formula is C22H21BrFNO. The van der Waals surface area contributed by atoms with E-state index in [9.17, 15) is 4.39 Å². The summed E-state index contributed by atoms with van der Waals surface area (Å²) in [5.74, 6) is 0.649. The Balaban J connectivity index is 1.63. The number of aryl methyl sites for hydroxylation is 1. The number of nitrogens with one attached hydrogen (secondary N) is 1. The summed E-state index contributed by atoms with van der Waals surface area (Å²) in [6.45, 7) is 3.97. The maximum absolute atomic E-state index is 13.0. The van der Waals surface area contributed by atoms with Gasteiger partial charge in [0.15, 0.2) is 0 Å². The van der Waals surface area contributed by atoms with Gasteiger partial charge in [0.05, 0.1) is 0 Å². The van der Waals surface area contributed by atoms with Crippen LogP contribution < -0.4 is 10.1 Å². The van der Waals surface area contributed by atoms with Gasteiger partial charge in [0.25, 0.3) is 0 Å². The van der Waals surface area contributed by atoms with Crippen LogP contribution in [0.2, 0.25) is 0 Å². The molecule has 0 saturated carbocycles. The summed E-state index contributed by atoms with van der Waals surface area (Å²) in [6, 6.07) is 20.8. The van der Waals surface area contributed by atoms with Gasteiger partial charge in [-0.3, -0.25) is 0 Å². The summed E-state index contributed by atoms with van der Waals surface area (Å²) in [6.07, 6.45) is 0. The maximum atomic E-state index is 13.0. The number of hydrogen-bond donors (Lipinski definition) is 1. The van der Waals surface area contributed by atoms with Crippen LogP contribution in [-0.2, 0) is 19.7 Å². The van der Waals surface area contributed by atoms with Gasteiger partial charge in [-0.2, -0.15) is 0 Å². The van der Waals surface area contributed by atoms with Crippen molar-refractivity contribution < 1.29 is 9.13 Å². The minimum atomic E-state index is -0.215. The fourth-order valence-electron chi connectivity index (χ4n) is 2.70. The molecule has 0 aromatic heterocycles. The predicted molar refractivity (Wildman–Crippen MR) is 107 cm³/mol. The molecule has 4 heteroatoms. The van der Waals surface area contributed by atoms with E-state index >= 15 is 0 Å². The number of halogens is 2. The lowest BCUT2D eigenvalue weighted by atomic mass is 10.1. The average Bonchev–Trinajstić information content (AvgIpc) is 2.64. The summed E-state index contributed by atoms with van der Waals surface area (Å²) in [7, 11) is 0. The topological polar surface area (TPSA) is 21.3 Å². The molecule has 2 nitrogen and oxygen atoms in total. The molecule has 3 aromatic rings. The highest BCUT2D eigenvalue weighted by atomic mass is 79.9. The van der Waals surface area contributed by atoms with Crippen LogP contribution in [0, 0.1) is 12.7 Å². The molecule has 0 aliphatic rings. The molecule has 26 heavy (non-hydrogen) atoms. The molecule has 1 N–H and O–H groups in total. The molecule has 0 aliphatic carbocycles. The molecule has 0 aliphatic heterocycles. The maximum Gasteiger partial charge on any atom is 0.124 e. The third-order valence-electron chi connectivity index (χ3n) is 4.22. The van der Waals surface area contributed by atoms with Crippen molar-refractivity contribution in [3.05, 3.63) is 99.3 Å². The first-order chi connectivity index (χ1) is 12.6. The Morgan fingerprint density at radius 3 is 2.46 bits per heavy atom. The number of ether oxygens (including phenoxy) is 1. The summed E-state index contributed by atoms with van der Waals surface area (Å²) in [5.41, 5.74) is 4.53. The van der Waals surface area contributed by atoms with Gasteiger partial charge in [0, 0.05) is 23.1 Å². The van der Waals surface area contributed by atoms with Crippen molar-refractivity contribution in [3.8, 4) is 5.75 Å². The second-order valence-electron chi connectivity index (χ2n) is 6.20. The first-order valence-corrected chi connectivity index (χ1v) is 9.32. The highest BCUT2D eigenvalue weighted by Gasteiger charge is 2.06. The summed E-state index contributed by atoms with van der Waals surface area (Å²) < 4.78 is 20.1. The monoisotopic (exact) mass is 413 g/mol. The van der Waals surface area contributed by atoms with Crippen molar-refractivity contribution in [1.29, 1.82) is 0 Å². The van der Waals surface area contributed by atoms with E-state index in [-0.39, 0.29) is 5.82 Å². The quantitative estimate of drug-likeness (QED) is 0.530. The fourth-order valence-corrected chi connectivity index (χ4v) is 3.11. The molecule has 0 fully saturated rings. The van der Waals surface area contributed by atoms with Crippen LogP contribution in [0.25, 0.3) is 0 Å². The summed E-state index contributed by atoms with van der Waals surface area (Å²) in [4.78, 5) is 0. The lowest BCUT2D eigenvalue weighted by Gasteiger charge is -2.14. The summed E-state index contributed by atoms with van der Waals surface area (Å²) >= 11 is 3.52. The predicted octanol–water partition coefficient (Wildman–Crippen LogP) is 5.77. The Bertz CT molecular complexity index is 864. The molecular weight excluding hydrogens is 393 g/mol. The number of hydrogen-bond acceptors (Lipinski definition) is 2. The SMILES string of the molecule is Cc1ccccc1COc1ccc(Br)cc1CNCc1ccc(F)cc1. The second kappa shape index (κ2) is 8.97.